The van der Waals surface area contributed by atoms with Crippen LogP contribution in [0.2, 0.25) is 0 Å². The molecule has 2 aromatic carbocycles. The Bertz CT molecular complexity index is 1110. The molecule has 1 unspecified atom stereocenters. The number of ether oxygens (including phenoxy) is 1. The minimum absolute atomic E-state index is 0.164. The minimum Gasteiger partial charge on any atom is -0.494 e. The van der Waals surface area contributed by atoms with Crippen molar-refractivity contribution in [3.63, 3.8) is 0 Å². The molecule has 5 nitrogen and oxygen atoms in total. The molecule has 1 fully saturated rings. The van der Waals surface area contributed by atoms with E-state index >= 15 is 0 Å². The molecular formula is C28H35N3O2. The van der Waals surface area contributed by atoms with Crippen molar-refractivity contribution in [2.24, 2.45) is 0 Å². The van der Waals surface area contributed by atoms with Gasteiger partial charge in [0.15, 0.2) is 0 Å². The highest BCUT2D eigenvalue weighted by atomic mass is 16.5. The first-order valence-corrected chi connectivity index (χ1v) is 12.6. The van der Waals surface area contributed by atoms with E-state index in [4.69, 9.17) is 4.74 Å². The zero-order chi connectivity index (χ0) is 22.6. The number of likely N-dealkylation sites (tertiary alicyclic amines) is 1. The topological polar surface area (TPSA) is 48.6 Å². The molecule has 1 atom stereocenters. The Kier molecular flexibility index (Phi) is 6.68. The highest BCUT2D eigenvalue weighted by Gasteiger charge is 2.26. The number of amides is 1. The highest BCUT2D eigenvalue weighted by Crippen LogP contribution is 2.28. The van der Waals surface area contributed by atoms with Gasteiger partial charge in [-0.05, 0) is 87.0 Å². The molecule has 5 rings (SSSR count). The summed E-state index contributed by atoms with van der Waals surface area (Å²) < 4.78 is 6.09. The summed E-state index contributed by atoms with van der Waals surface area (Å²) in [5.41, 5.74) is 4.59. The Morgan fingerprint density at radius 2 is 2.03 bits per heavy atom. The largest absolute Gasteiger partial charge is 0.494 e. The molecule has 3 heterocycles. The zero-order valence-corrected chi connectivity index (χ0v) is 19.7. The van der Waals surface area contributed by atoms with Crippen LogP contribution >= 0.6 is 0 Å². The van der Waals surface area contributed by atoms with Gasteiger partial charge in [-0.2, -0.15) is 0 Å². The van der Waals surface area contributed by atoms with Crippen LogP contribution < -0.4 is 4.74 Å². The van der Waals surface area contributed by atoms with Crippen LogP contribution in [0.5, 0.6) is 5.75 Å². The fourth-order valence-electron chi connectivity index (χ4n) is 5.47. The molecule has 3 aromatic rings. The third-order valence-corrected chi connectivity index (χ3v) is 7.19. The third-order valence-electron chi connectivity index (χ3n) is 7.19. The number of hydrogen-bond acceptors (Lipinski definition) is 3. The molecule has 2 aliphatic rings. The molecule has 5 heteroatoms. The zero-order valence-electron chi connectivity index (χ0n) is 19.7. The normalized spacial score (nSPS) is 18.4. The summed E-state index contributed by atoms with van der Waals surface area (Å²) in [6.07, 6.45) is 9.02. The van der Waals surface area contributed by atoms with E-state index in [0.717, 1.165) is 49.2 Å². The quantitative estimate of drug-likeness (QED) is 0.425. The van der Waals surface area contributed by atoms with Crippen molar-refractivity contribution in [1.29, 1.82) is 0 Å². The average molecular weight is 446 g/mol. The summed E-state index contributed by atoms with van der Waals surface area (Å²) >= 11 is 0. The Morgan fingerprint density at radius 3 is 2.91 bits per heavy atom. The van der Waals surface area contributed by atoms with Crippen LogP contribution in [0, 0.1) is 0 Å². The van der Waals surface area contributed by atoms with Crippen molar-refractivity contribution in [3.05, 3.63) is 65.4 Å². The van der Waals surface area contributed by atoms with Gasteiger partial charge in [0.1, 0.15) is 5.75 Å². The maximum Gasteiger partial charge on any atom is 0.254 e. The van der Waals surface area contributed by atoms with Crippen molar-refractivity contribution < 1.29 is 9.53 Å². The van der Waals surface area contributed by atoms with Crippen molar-refractivity contribution in [2.45, 2.75) is 58.0 Å². The van der Waals surface area contributed by atoms with Gasteiger partial charge in [0.25, 0.3) is 5.91 Å². The molecule has 33 heavy (non-hydrogen) atoms. The van der Waals surface area contributed by atoms with Crippen molar-refractivity contribution >= 4 is 16.8 Å². The van der Waals surface area contributed by atoms with Crippen LogP contribution in [-0.2, 0) is 13.0 Å². The maximum atomic E-state index is 12.5. The van der Waals surface area contributed by atoms with E-state index in [9.17, 15) is 4.79 Å². The molecule has 2 aliphatic heterocycles. The number of fused-ring (bicyclic) bond motifs is 2. The van der Waals surface area contributed by atoms with Crippen LogP contribution in [0.1, 0.15) is 60.5 Å². The van der Waals surface area contributed by atoms with Gasteiger partial charge in [0.05, 0.1) is 6.61 Å². The lowest BCUT2D eigenvalue weighted by atomic mass is 10.0. The molecular weight excluding hydrogens is 410 g/mol. The fraction of sp³-hybridized carbons (Fsp3) is 0.464. The first-order chi connectivity index (χ1) is 16.2. The van der Waals surface area contributed by atoms with Gasteiger partial charge in [-0.3, -0.25) is 4.79 Å². The number of carbonyl (C=O) groups excluding carboxylic acids is 1. The lowest BCUT2D eigenvalue weighted by molar-refractivity contribution is 0.0773. The van der Waals surface area contributed by atoms with Crippen molar-refractivity contribution in [2.75, 3.05) is 26.2 Å². The molecule has 0 aliphatic carbocycles. The van der Waals surface area contributed by atoms with E-state index < -0.39 is 0 Å². The lowest BCUT2D eigenvalue weighted by Crippen LogP contribution is -2.31. The minimum atomic E-state index is 0.164. The van der Waals surface area contributed by atoms with E-state index in [1.165, 1.54) is 48.8 Å². The van der Waals surface area contributed by atoms with Crippen molar-refractivity contribution in [1.82, 2.24) is 14.8 Å². The van der Waals surface area contributed by atoms with Gasteiger partial charge >= 0.3 is 0 Å². The smallest absolute Gasteiger partial charge is 0.254 e. The average Bonchev–Trinajstić information content (AvgIpc) is 3.53. The number of rotatable bonds is 10. The summed E-state index contributed by atoms with van der Waals surface area (Å²) in [5.74, 6) is 1.10. The van der Waals surface area contributed by atoms with Crippen molar-refractivity contribution in [3.8, 4) is 5.75 Å². The number of H-pyrrole nitrogens is 1. The lowest BCUT2D eigenvalue weighted by Gasteiger charge is -2.23. The summed E-state index contributed by atoms with van der Waals surface area (Å²) in [6.45, 7) is 6.91. The van der Waals surface area contributed by atoms with E-state index in [2.05, 4.69) is 47.3 Å². The maximum absolute atomic E-state index is 12.5. The van der Waals surface area contributed by atoms with Crippen LogP contribution in [0.3, 0.4) is 0 Å². The predicted molar refractivity (Wildman–Crippen MR) is 133 cm³/mol. The molecule has 0 bridgehead atoms. The SMILES string of the molecule is CCCN1CCCC1Cc1c[nH]c2ccc(OCCCCN3Cc4ccccc4C3=O)cc12. The standard InChI is InChI=1S/C28H35N3O2/c1-2-13-30-15-7-9-23(30)17-22-19-29-27-12-11-24(18-26(22)27)33-16-6-5-14-31-20-21-8-3-4-10-25(21)28(31)32/h3-4,8,10-12,18-19,23,29H,2,5-7,9,13-17,20H2,1H3. The van der Waals surface area contributed by atoms with Crippen LogP contribution in [-0.4, -0.2) is 53.0 Å². The number of hydrogen-bond donors (Lipinski definition) is 1. The molecule has 1 saturated heterocycles. The fourth-order valence-corrected chi connectivity index (χ4v) is 5.47. The van der Waals surface area contributed by atoms with Gasteiger partial charge < -0.3 is 19.5 Å². The second kappa shape index (κ2) is 10.0. The number of carbonyl (C=O) groups is 1. The Balaban J connectivity index is 1.12. The Labute approximate surface area is 196 Å². The van der Waals surface area contributed by atoms with Gasteiger partial charge in [-0.15, -0.1) is 0 Å². The van der Waals surface area contributed by atoms with Crippen LogP contribution in [0.15, 0.2) is 48.7 Å². The monoisotopic (exact) mass is 445 g/mol. The molecule has 1 aromatic heterocycles. The van der Waals surface area contributed by atoms with Gasteiger partial charge in [0, 0.05) is 41.8 Å². The number of unbranched alkanes of at least 4 members (excludes halogenated alkanes) is 1. The Morgan fingerprint density at radius 1 is 1.12 bits per heavy atom. The summed E-state index contributed by atoms with van der Waals surface area (Å²) in [4.78, 5) is 20.5. The number of aromatic nitrogens is 1. The highest BCUT2D eigenvalue weighted by molar-refractivity contribution is 5.98. The molecule has 1 amide bonds. The molecule has 0 saturated carbocycles. The molecule has 0 radical (unpaired) electrons. The molecule has 1 N–H and O–H groups in total. The van der Waals surface area contributed by atoms with Gasteiger partial charge in [-0.25, -0.2) is 0 Å². The third kappa shape index (κ3) is 4.79. The molecule has 174 valence electrons. The van der Waals surface area contributed by atoms with E-state index in [-0.39, 0.29) is 5.91 Å². The number of benzene rings is 2. The van der Waals surface area contributed by atoms with Gasteiger partial charge in [0.2, 0.25) is 0 Å². The Hall–Kier alpha value is -2.79. The molecule has 0 spiro atoms. The summed E-state index contributed by atoms with van der Waals surface area (Å²) in [6, 6.07) is 15.0. The van der Waals surface area contributed by atoms with Crippen LogP contribution in [0.4, 0.5) is 0 Å². The second-order valence-electron chi connectivity index (χ2n) is 9.50. The number of aromatic amines is 1. The number of nitrogens with zero attached hydrogens (tertiary/aromatic N) is 2. The second-order valence-corrected chi connectivity index (χ2v) is 9.50. The van der Waals surface area contributed by atoms with E-state index in [0.29, 0.717) is 12.6 Å². The van der Waals surface area contributed by atoms with E-state index in [1.807, 2.05) is 23.1 Å². The summed E-state index contributed by atoms with van der Waals surface area (Å²) in [7, 11) is 0. The predicted octanol–water partition coefficient (Wildman–Crippen LogP) is 5.40. The number of nitrogens with one attached hydrogen (secondary N) is 1. The van der Waals surface area contributed by atoms with Crippen LogP contribution in [0.25, 0.3) is 10.9 Å². The first kappa shape index (κ1) is 22.0. The first-order valence-electron chi connectivity index (χ1n) is 12.6. The van der Waals surface area contributed by atoms with E-state index in [1.54, 1.807) is 0 Å². The van der Waals surface area contributed by atoms with Gasteiger partial charge in [-0.1, -0.05) is 25.1 Å². The summed E-state index contributed by atoms with van der Waals surface area (Å²) in [5, 5.41) is 1.29.